The molecule has 1 aromatic carbocycles. The standard InChI is InChI=1S/C10H11BrClN3/c11-8-4-3-7(5-9(8)12)15-10(13)14-6-1-2-6/h3-6H,1-2H2,(H3,13,14,15). The van der Waals surface area contributed by atoms with Gasteiger partial charge in [0.25, 0.3) is 0 Å². The summed E-state index contributed by atoms with van der Waals surface area (Å²) in [5, 5.41) is 3.66. The number of guanidine groups is 1. The predicted molar refractivity (Wildman–Crippen MR) is 67.4 cm³/mol. The predicted octanol–water partition coefficient (Wildman–Crippen LogP) is 2.99. The van der Waals surface area contributed by atoms with Crippen molar-refractivity contribution < 1.29 is 0 Å². The van der Waals surface area contributed by atoms with Crippen LogP contribution in [0, 0.1) is 0 Å². The van der Waals surface area contributed by atoms with Crippen LogP contribution < -0.4 is 11.1 Å². The Hall–Kier alpha value is -0.740. The molecule has 0 heterocycles. The van der Waals surface area contributed by atoms with Gasteiger partial charge in [-0.05, 0) is 47.0 Å². The fourth-order valence-corrected chi connectivity index (χ4v) is 1.58. The molecule has 0 amide bonds. The van der Waals surface area contributed by atoms with E-state index in [1.54, 1.807) is 6.07 Å². The van der Waals surface area contributed by atoms with E-state index in [4.69, 9.17) is 17.3 Å². The summed E-state index contributed by atoms with van der Waals surface area (Å²) in [6, 6.07) is 5.99. The molecule has 3 nitrogen and oxygen atoms in total. The van der Waals surface area contributed by atoms with E-state index in [1.165, 1.54) is 0 Å². The van der Waals surface area contributed by atoms with Crippen molar-refractivity contribution in [3.8, 4) is 0 Å². The van der Waals surface area contributed by atoms with E-state index >= 15 is 0 Å². The highest BCUT2D eigenvalue weighted by Gasteiger charge is 2.20. The van der Waals surface area contributed by atoms with Gasteiger partial charge in [-0.15, -0.1) is 0 Å². The van der Waals surface area contributed by atoms with Crippen molar-refractivity contribution in [3.05, 3.63) is 27.7 Å². The van der Waals surface area contributed by atoms with E-state index in [2.05, 4.69) is 26.2 Å². The first-order chi connectivity index (χ1) is 7.15. The smallest absolute Gasteiger partial charge is 0.193 e. The Morgan fingerprint density at radius 3 is 2.87 bits per heavy atom. The summed E-state index contributed by atoms with van der Waals surface area (Å²) in [5.74, 6) is 0.455. The molecule has 15 heavy (non-hydrogen) atoms. The quantitative estimate of drug-likeness (QED) is 0.649. The number of hydrogen-bond donors (Lipinski definition) is 2. The van der Waals surface area contributed by atoms with Crippen LogP contribution in [0.25, 0.3) is 0 Å². The average Bonchev–Trinajstić information content (AvgIpc) is 2.95. The van der Waals surface area contributed by atoms with Crippen molar-refractivity contribution in [3.63, 3.8) is 0 Å². The molecule has 0 radical (unpaired) electrons. The van der Waals surface area contributed by atoms with E-state index in [0.29, 0.717) is 17.0 Å². The number of anilines is 1. The maximum atomic E-state index is 5.95. The highest BCUT2D eigenvalue weighted by atomic mass is 79.9. The number of nitrogens with two attached hydrogens (primary N) is 1. The molecule has 1 saturated carbocycles. The summed E-state index contributed by atoms with van der Waals surface area (Å²) in [6.45, 7) is 0. The molecule has 0 spiro atoms. The minimum atomic E-state index is 0.420. The van der Waals surface area contributed by atoms with Gasteiger partial charge in [0.15, 0.2) is 5.96 Å². The van der Waals surface area contributed by atoms with Crippen LogP contribution in [-0.4, -0.2) is 12.0 Å². The molecule has 1 fully saturated rings. The van der Waals surface area contributed by atoms with Crippen LogP contribution in [0.15, 0.2) is 27.7 Å². The molecular formula is C10H11BrClN3. The van der Waals surface area contributed by atoms with Gasteiger partial charge >= 0.3 is 0 Å². The third-order valence-electron chi connectivity index (χ3n) is 2.06. The average molecular weight is 289 g/mol. The first kappa shape index (κ1) is 10.8. The van der Waals surface area contributed by atoms with Gasteiger partial charge in [-0.2, -0.15) is 0 Å². The second-order valence-electron chi connectivity index (χ2n) is 3.50. The van der Waals surface area contributed by atoms with Gasteiger partial charge in [-0.1, -0.05) is 11.6 Å². The minimum absolute atomic E-state index is 0.420. The SMILES string of the molecule is NC(=NC1CC1)Nc1ccc(Br)c(Cl)c1. The van der Waals surface area contributed by atoms with Gasteiger partial charge in [-0.25, -0.2) is 4.99 Å². The molecule has 3 N–H and O–H groups in total. The zero-order valence-electron chi connectivity index (χ0n) is 8.00. The first-order valence-electron chi connectivity index (χ1n) is 4.70. The zero-order valence-corrected chi connectivity index (χ0v) is 10.3. The molecular weight excluding hydrogens is 277 g/mol. The summed E-state index contributed by atoms with van der Waals surface area (Å²) in [5.41, 5.74) is 6.57. The normalized spacial score (nSPS) is 16.5. The molecule has 1 aliphatic carbocycles. The van der Waals surface area contributed by atoms with Crippen molar-refractivity contribution in [2.75, 3.05) is 5.32 Å². The summed E-state index contributed by atoms with van der Waals surface area (Å²) in [6.07, 6.45) is 2.28. The van der Waals surface area contributed by atoms with Gasteiger partial charge in [0, 0.05) is 10.2 Å². The first-order valence-corrected chi connectivity index (χ1v) is 5.87. The van der Waals surface area contributed by atoms with Crippen molar-refractivity contribution >= 4 is 39.2 Å². The summed E-state index contributed by atoms with van der Waals surface area (Å²) < 4.78 is 0.868. The third-order valence-corrected chi connectivity index (χ3v) is 3.29. The molecule has 0 aromatic heterocycles. The third kappa shape index (κ3) is 3.11. The number of rotatable bonds is 2. The van der Waals surface area contributed by atoms with Crippen LogP contribution in [-0.2, 0) is 0 Å². The van der Waals surface area contributed by atoms with E-state index in [9.17, 15) is 0 Å². The van der Waals surface area contributed by atoms with Crippen LogP contribution in [0.4, 0.5) is 5.69 Å². The fraction of sp³-hybridized carbons (Fsp3) is 0.300. The van der Waals surface area contributed by atoms with Gasteiger partial charge < -0.3 is 11.1 Å². The second kappa shape index (κ2) is 4.41. The molecule has 0 atom stereocenters. The molecule has 2 rings (SSSR count). The van der Waals surface area contributed by atoms with Gasteiger partial charge in [-0.3, -0.25) is 0 Å². The Bertz CT molecular complexity index is 402. The molecule has 5 heteroatoms. The van der Waals surface area contributed by atoms with Crippen molar-refractivity contribution in [2.24, 2.45) is 10.7 Å². The summed E-state index contributed by atoms with van der Waals surface area (Å²) in [7, 11) is 0. The lowest BCUT2D eigenvalue weighted by molar-refractivity contribution is 1.06. The largest absolute Gasteiger partial charge is 0.370 e. The van der Waals surface area contributed by atoms with E-state index < -0.39 is 0 Å². The number of benzene rings is 1. The van der Waals surface area contributed by atoms with Crippen molar-refractivity contribution in [2.45, 2.75) is 18.9 Å². The van der Waals surface area contributed by atoms with Crippen LogP contribution in [0.3, 0.4) is 0 Å². The number of hydrogen-bond acceptors (Lipinski definition) is 1. The van der Waals surface area contributed by atoms with Gasteiger partial charge in [0.05, 0.1) is 11.1 Å². The number of nitrogens with zero attached hydrogens (tertiary/aromatic N) is 1. The Kier molecular flexibility index (Phi) is 3.17. The van der Waals surface area contributed by atoms with Crippen molar-refractivity contribution in [1.29, 1.82) is 0 Å². The molecule has 1 aromatic rings. The Balaban J connectivity index is 2.06. The molecule has 0 bridgehead atoms. The molecule has 80 valence electrons. The number of nitrogens with one attached hydrogen (secondary N) is 1. The maximum absolute atomic E-state index is 5.95. The maximum Gasteiger partial charge on any atom is 0.193 e. The monoisotopic (exact) mass is 287 g/mol. The molecule has 0 aliphatic heterocycles. The lowest BCUT2D eigenvalue weighted by Gasteiger charge is -2.06. The van der Waals surface area contributed by atoms with Gasteiger partial charge in [0.2, 0.25) is 0 Å². The summed E-state index contributed by atoms with van der Waals surface area (Å²) >= 11 is 9.27. The topological polar surface area (TPSA) is 50.4 Å². The Morgan fingerprint density at radius 2 is 2.27 bits per heavy atom. The fourth-order valence-electron chi connectivity index (χ4n) is 1.15. The lowest BCUT2D eigenvalue weighted by atomic mass is 10.3. The van der Waals surface area contributed by atoms with Crippen LogP contribution in [0.1, 0.15) is 12.8 Å². The second-order valence-corrected chi connectivity index (χ2v) is 4.76. The van der Waals surface area contributed by atoms with E-state index in [1.807, 2.05) is 12.1 Å². The number of halogens is 2. The van der Waals surface area contributed by atoms with Crippen LogP contribution in [0.2, 0.25) is 5.02 Å². The highest BCUT2D eigenvalue weighted by molar-refractivity contribution is 9.10. The molecule has 1 aliphatic rings. The number of aliphatic imine (C=N–C) groups is 1. The van der Waals surface area contributed by atoms with Crippen molar-refractivity contribution in [1.82, 2.24) is 0 Å². The highest BCUT2D eigenvalue weighted by Crippen LogP contribution is 2.26. The van der Waals surface area contributed by atoms with E-state index in [0.717, 1.165) is 23.0 Å². The molecule has 0 unspecified atom stereocenters. The Morgan fingerprint density at radius 1 is 1.53 bits per heavy atom. The van der Waals surface area contributed by atoms with Crippen LogP contribution >= 0.6 is 27.5 Å². The lowest BCUT2D eigenvalue weighted by Crippen LogP contribution is -2.22. The molecule has 0 saturated heterocycles. The Labute approximate surface area is 102 Å². The summed E-state index contributed by atoms with van der Waals surface area (Å²) in [4.78, 5) is 4.26. The minimum Gasteiger partial charge on any atom is -0.370 e. The van der Waals surface area contributed by atoms with Gasteiger partial charge in [0.1, 0.15) is 0 Å². The van der Waals surface area contributed by atoms with Crippen LogP contribution in [0.5, 0.6) is 0 Å². The van der Waals surface area contributed by atoms with E-state index in [-0.39, 0.29) is 0 Å². The zero-order chi connectivity index (χ0) is 10.8.